The second kappa shape index (κ2) is 6.91. The smallest absolute Gasteiger partial charge is 0.345 e. The van der Waals surface area contributed by atoms with Crippen molar-refractivity contribution in [2.75, 3.05) is 14.2 Å². The predicted octanol–water partition coefficient (Wildman–Crippen LogP) is 3.36. The highest BCUT2D eigenvalue weighted by Gasteiger charge is 2.11. The van der Waals surface area contributed by atoms with E-state index in [2.05, 4.69) is 0 Å². The Labute approximate surface area is 131 Å². The van der Waals surface area contributed by atoms with Gasteiger partial charge in [0.15, 0.2) is 5.78 Å². The number of aromatic carboxylic acids is 1. The zero-order valence-corrected chi connectivity index (χ0v) is 12.8. The maximum absolute atomic E-state index is 12.0. The van der Waals surface area contributed by atoms with Gasteiger partial charge in [-0.15, -0.1) is 11.3 Å². The summed E-state index contributed by atoms with van der Waals surface area (Å²) in [5, 5.41) is 8.86. The summed E-state index contributed by atoms with van der Waals surface area (Å²) in [5.74, 6) is -0.0503. The fraction of sp³-hybridized carbons (Fsp3) is 0.125. The lowest BCUT2D eigenvalue weighted by Gasteiger charge is -2.07. The topological polar surface area (TPSA) is 72.8 Å². The summed E-state index contributed by atoms with van der Waals surface area (Å²) in [6, 6.07) is 8.19. The van der Waals surface area contributed by atoms with Crippen molar-refractivity contribution in [1.82, 2.24) is 0 Å². The highest BCUT2D eigenvalue weighted by Crippen LogP contribution is 2.26. The minimum Gasteiger partial charge on any atom is -0.497 e. The summed E-state index contributed by atoms with van der Waals surface area (Å²) in [4.78, 5) is 23.4. The number of carbonyl (C=O) groups excluding carboxylic acids is 1. The number of hydrogen-bond acceptors (Lipinski definition) is 5. The molecule has 0 aliphatic rings. The van der Waals surface area contributed by atoms with E-state index in [0.717, 1.165) is 16.9 Å². The van der Waals surface area contributed by atoms with Crippen LogP contribution >= 0.6 is 11.3 Å². The Hall–Kier alpha value is -2.60. The number of carboxylic acids is 1. The van der Waals surface area contributed by atoms with E-state index >= 15 is 0 Å². The van der Waals surface area contributed by atoms with Crippen LogP contribution in [0, 0.1) is 0 Å². The number of rotatable bonds is 6. The van der Waals surface area contributed by atoms with Crippen molar-refractivity contribution in [2.24, 2.45) is 0 Å². The quantitative estimate of drug-likeness (QED) is 0.653. The lowest BCUT2D eigenvalue weighted by Crippen LogP contribution is -1.92. The molecule has 1 heterocycles. The highest BCUT2D eigenvalue weighted by molar-refractivity contribution is 7.16. The average Bonchev–Trinajstić information content (AvgIpc) is 3.02. The highest BCUT2D eigenvalue weighted by atomic mass is 32.1. The van der Waals surface area contributed by atoms with Crippen molar-refractivity contribution in [3.05, 3.63) is 51.7 Å². The standard InChI is InChI=1S/C16H14O5S/c1-20-11-5-3-10(13(9-11)21-2)4-6-12(17)14-7-8-15(22-14)16(18)19/h3-9H,1-2H3,(H,18,19)/b6-4+. The first kappa shape index (κ1) is 15.8. The van der Waals surface area contributed by atoms with E-state index in [1.54, 1.807) is 31.4 Å². The molecule has 0 amide bonds. The van der Waals surface area contributed by atoms with Gasteiger partial charge in [-0.2, -0.15) is 0 Å². The molecule has 0 fully saturated rings. The molecule has 2 aromatic rings. The summed E-state index contributed by atoms with van der Waals surface area (Å²) < 4.78 is 10.4. The van der Waals surface area contributed by atoms with Gasteiger partial charge in [-0.25, -0.2) is 4.79 Å². The van der Waals surface area contributed by atoms with Crippen LogP contribution in [0.2, 0.25) is 0 Å². The van der Waals surface area contributed by atoms with Gasteiger partial charge in [0.2, 0.25) is 0 Å². The maximum atomic E-state index is 12.0. The average molecular weight is 318 g/mol. The largest absolute Gasteiger partial charge is 0.497 e. The molecule has 0 aliphatic carbocycles. The van der Waals surface area contributed by atoms with Crippen LogP contribution in [-0.2, 0) is 0 Å². The molecular weight excluding hydrogens is 304 g/mol. The van der Waals surface area contributed by atoms with Gasteiger partial charge in [-0.05, 0) is 36.4 Å². The van der Waals surface area contributed by atoms with Crippen LogP contribution in [0.5, 0.6) is 11.5 Å². The third kappa shape index (κ3) is 3.53. The molecule has 22 heavy (non-hydrogen) atoms. The van der Waals surface area contributed by atoms with E-state index < -0.39 is 5.97 Å². The molecule has 1 aromatic carbocycles. The maximum Gasteiger partial charge on any atom is 0.345 e. The van der Waals surface area contributed by atoms with Crippen LogP contribution < -0.4 is 9.47 Å². The first-order valence-corrected chi connectivity index (χ1v) is 7.14. The van der Waals surface area contributed by atoms with Crippen LogP contribution in [-0.4, -0.2) is 31.1 Å². The SMILES string of the molecule is COc1ccc(/C=C/C(=O)c2ccc(C(=O)O)s2)c(OC)c1. The number of benzene rings is 1. The molecule has 2 rings (SSSR count). The summed E-state index contributed by atoms with van der Waals surface area (Å²) in [5.41, 5.74) is 0.728. The van der Waals surface area contributed by atoms with Gasteiger partial charge in [-0.3, -0.25) is 4.79 Å². The fourth-order valence-corrected chi connectivity index (χ4v) is 2.55. The van der Waals surface area contributed by atoms with Gasteiger partial charge in [0.1, 0.15) is 16.4 Å². The Morgan fingerprint density at radius 3 is 2.41 bits per heavy atom. The van der Waals surface area contributed by atoms with Gasteiger partial charge in [0.05, 0.1) is 19.1 Å². The Kier molecular flexibility index (Phi) is 4.95. The number of carbonyl (C=O) groups is 2. The minimum absolute atomic E-state index is 0.138. The molecule has 0 saturated carbocycles. The molecule has 0 atom stereocenters. The summed E-state index contributed by atoms with van der Waals surface area (Å²) in [6.45, 7) is 0. The Balaban J connectivity index is 2.20. The normalized spacial score (nSPS) is 10.6. The molecule has 114 valence electrons. The van der Waals surface area contributed by atoms with Gasteiger partial charge in [0.25, 0.3) is 0 Å². The zero-order chi connectivity index (χ0) is 16.1. The van der Waals surface area contributed by atoms with Crippen molar-refractivity contribution in [2.45, 2.75) is 0 Å². The summed E-state index contributed by atoms with van der Waals surface area (Å²) in [7, 11) is 3.09. The van der Waals surface area contributed by atoms with Gasteiger partial charge in [-0.1, -0.05) is 0 Å². The van der Waals surface area contributed by atoms with E-state index in [1.165, 1.54) is 25.3 Å². The lowest BCUT2D eigenvalue weighted by atomic mass is 10.1. The first-order chi connectivity index (χ1) is 10.5. The van der Waals surface area contributed by atoms with E-state index in [9.17, 15) is 9.59 Å². The molecule has 0 aliphatic heterocycles. The fourth-order valence-electron chi connectivity index (χ4n) is 1.79. The third-order valence-corrected chi connectivity index (χ3v) is 4.00. The van der Waals surface area contributed by atoms with Crippen LogP contribution in [0.15, 0.2) is 36.4 Å². The number of thiophene rings is 1. The molecule has 1 N–H and O–H groups in total. The monoisotopic (exact) mass is 318 g/mol. The first-order valence-electron chi connectivity index (χ1n) is 6.32. The van der Waals surface area contributed by atoms with Gasteiger partial charge in [0, 0.05) is 11.6 Å². The van der Waals surface area contributed by atoms with E-state index in [-0.39, 0.29) is 10.7 Å². The van der Waals surface area contributed by atoms with Gasteiger partial charge < -0.3 is 14.6 Å². The van der Waals surface area contributed by atoms with Crippen LogP contribution in [0.3, 0.4) is 0 Å². The van der Waals surface area contributed by atoms with Crippen LogP contribution in [0.1, 0.15) is 24.9 Å². The molecular formula is C16H14O5S. The molecule has 0 unspecified atom stereocenters. The zero-order valence-electron chi connectivity index (χ0n) is 12.0. The van der Waals surface area contributed by atoms with Crippen LogP contribution in [0.25, 0.3) is 6.08 Å². The Bertz CT molecular complexity index is 730. The molecule has 0 spiro atoms. The summed E-state index contributed by atoms with van der Waals surface area (Å²) >= 11 is 0.949. The van der Waals surface area contributed by atoms with Crippen molar-refractivity contribution in [3.63, 3.8) is 0 Å². The van der Waals surface area contributed by atoms with E-state index in [4.69, 9.17) is 14.6 Å². The van der Waals surface area contributed by atoms with Crippen molar-refractivity contribution in [1.29, 1.82) is 0 Å². The Morgan fingerprint density at radius 1 is 1.09 bits per heavy atom. The van der Waals surface area contributed by atoms with Crippen LogP contribution in [0.4, 0.5) is 0 Å². The van der Waals surface area contributed by atoms with Crippen molar-refractivity contribution >= 4 is 29.2 Å². The Morgan fingerprint density at radius 2 is 1.82 bits per heavy atom. The molecule has 0 radical (unpaired) electrons. The molecule has 6 heteroatoms. The molecule has 5 nitrogen and oxygen atoms in total. The molecule has 0 saturated heterocycles. The van der Waals surface area contributed by atoms with Crippen molar-refractivity contribution in [3.8, 4) is 11.5 Å². The van der Waals surface area contributed by atoms with Gasteiger partial charge >= 0.3 is 5.97 Å². The third-order valence-electron chi connectivity index (χ3n) is 2.91. The number of ketones is 1. The minimum atomic E-state index is -1.04. The van der Waals surface area contributed by atoms with E-state index in [0.29, 0.717) is 16.4 Å². The second-order valence-electron chi connectivity index (χ2n) is 4.27. The van der Waals surface area contributed by atoms with E-state index in [1.807, 2.05) is 0 Å². The number of hydrogen-bond donors (Lipinski definition) is 1. The summed E-state index contributed by atoms with van der Waals surface area (Å²) in [6.07, 6.45) is 3.02. The predicted molar refractivity (Wildman–Crippen MR) is 84.2 cm³/mol. The number of allylic oxidation sites excluding steroid dienone is 1. The number of carboxylic acid groups (broad SMARTS) is 1. The number of methoxy groups -OCH3 is 2. The second-order valence-corrected chi connectivity index (χ2v) is 5.36. The number of ether oxygens (including phenoxy) is 2. The van der Waals surface area contributed by atoms with Crippen molar-refractivity contribution < 1.29 is 24.2 Å². The molecule has 1 aromatic heterocycles. The molecule has 0 bridgehead atoms. The lowest BCUT2D eigenvalue weighted by molar-refractivity contribution is 0.0702.